The van der Waals surface area contributed by atoms with E-state index in [1.54, 1.807) is 18.2 Å². The first-order chi connectivity index (χ1) is 19.6. The van der Waals surface area contributed by atoms with Crippen LogP contribution in [0.2, 0.25) is 0 Å². The molecule has 0 aliphatic carbocycles. The number of aliphatic hydroxyl groups is 4. The number of carboxylic acid groups (broad SMARTS) is 1. The fourth-order valence-electron chi connectivity index (χ4n) is 4.75. The molecule has 2 rings (SSSR count). The normalized spacial score (nSPS) is 22.1. The van der Waals surface area contributed by atoms with Crippen LogP contribution in [0.15, 0.2) is 41.4 Å². The van der Waals surface area contributed by atoms with Gasteiger partial charge < -0.3 is 35.6 Å². The molecule has 41 heavy (non-hydrogen) atoms. The molecule has 1 fully saturated rings. The first kappa shape index (κ1) is 34.3. The lowest BCUT2D eigenvalue weighted by Crippen LogP contribution is -2.37. The van der Waals surface area contributed by atoms with Gasteiger partial charge in [-0.1, -0.05) is 50.5 Å². The van der Waals surface area contributed by atoms with E-state index in [1.165, 1.54) is 23.8 Å². The number of anilines is 1. The molecule has 1 aliphatic heterocycles. The molecular weight excluding hydrogens is 534 g/mol. The van der Waals surface area contributed by atoms with Crippen LogP contribution in [0, 0.1) is 11.8 Å². The summed E-state index contributed by atoms with van der Waals surface area (Å²) in [6.45, 7) is 3.10. The average molecular weight is 580 g/mol. The molecule has 0 radical (unpaired) electrons. The van der Waals surface area contributed by atoms with Gasteiger partial charge in [0.05, 0.1) is 18.8 Å². The molecule has 0 saturated carbocycles. The van der Waals surface area contributed by atoms with Crippen LogP contribution in [0.1, 0.15) is 77.9 Å². The van der Waals surface area contributed by atoms with Crippen LogP contribution in [0.5, 0.6) is 0 Å². The number of rotatable bonds is 19. The third kappa shape index (κ3) is 11.5. The minimum atomic E-state index is -1.34. The third-order valence-corrected chi connectivity index (χ3v) is 7.15. The molecule has 1 saturated heterocycles. The maximum atomic E-state index is 12.7. The fraction of sp³-hybridized carbons (Fsp3) is 0.655. The molecule has 1 unspecified atom stereocenters. The number of unbranched alkanes of at least 4 members (excludes halogenated alkanes) is 3. The quantitative estimate of drug-likeness (QED) is 0.0799. The number of hydrogen-bond acceptors (Lipinski definition) is 10. The van der Waals surface area contributed by atoms with Gasteiger partial charge >= 0.3 is 11.7 Å². The van der Waals surface area contributed by atoms with Crippen molar-refractivity contribution in [2.24, 2.45) is 11.8 Å². The SMILES string of the molecule is CCCCC[C@H](O)/C=C/[C@@H](C(O)Nc1ccn([C@H]2C[C@H](O)[C@@H](CO)O2)c(=O)n1)[C@@H](C/C=C\CCCC(=O)O)C(C)=O. The number of carbonyl (C=O) groups excluding carboxylic acids is 1. The van der Waals surface area contributed by atoms with Crippen molar-refractivity contribution < 1.29 is 39.9 Å². The second-order valence-electron chi connectivity index (χ2n) is 10.4. The predicted molar refractivity (Wildman–Crippen MR) is 152 cm³/mol. The van der Waals surface area contributed by atoms with Crippen molar-refractivity contribution in [3.05, 3.63) is 47.1 Å². The monoisotopic (exact) mass is 579 g/mol. The van der Waals surface area contributed by atoms with Crippen LogP contribution in [0.25, 0.3) is 0 Å². The Morgan fingerprint density at radius 2 is 1.98 bits per heavy atom. The standard InChI is InChI=1S/C29H45N3O9/c1-3-4-7-10-20(35)13-14-22(21(19(2)34)11-8-5-6-9-12-27(37)38)28(39)30-25-15-16-32(29(40)31-25)26-17-23(36)24(18-33)41-26/h5,8,13-16,20-24,26,28,33,35-36,39H,3-4,6-7,9-12,17-18H2,1-2H3,(H,37,38)(H,30,31,40)/b8-5-,14-13+/t20-,21-,22+,23-,24+,26+,28?/m0/s1. The first-order valence-electron chi connectivity index (χ1n) is 14.3. The minimum Gasteiger partial charge on any atom is -0.481 e. The molecule has 6 N–H and O–H groups in total. The number of nitrogens with zero attached hydrogens (tertiary/aromatic N) is 2. The molecule has 12 nitrogen and oxygen atoms in total. The number of aromatic nitrogens is 2. The van der Waals surface area contributed by atoms with Crippen molar-refractivity contribution in [3.8, 4) is 0 Å². The number of carboxylic acids is 1. The lowest BCUT2D eigenvalue weighted by Gasteiger charge is -2.28. The summed E-state index contributed by atoms with van der Waals surface area (Å²) < 4.78 is 6.71. The highest BCUT2D eigenvalue weighted by molar-refractivity contribution is 5.79. The smallest absolute Gasteiger partial charge is 0.351 e. The van der Waals surface area contributed by atoms with Crippen molar-refractivity contribution in [2.45, 2.75) is 102 Å². The summed E-state index contributed by atoms with van der Waals surface area (Å²) in [6.07, 6.45) is 8.40. The number of hydrogen-bond donors (Lipinski definition) is 6. The summed E-state index contributed by atoms with van der Waals surface area (Å²) in [6, 6.07) is 1.46. The Balaban J connectivity index is 2.19. The summed E-state index contributed by atoms with van der Waals surface area (Å²) in [5.74, 6) is -2.45. The predicted octanol–water partition coefficient (Wildman–Crippen LogP) is 2.13. The van der Waals surface area contributed by atoms with Gasteiger partial charge in [-0.3, -0.25) is 14.2 Å². The topological polar surface area (TPSA) is 191 Å². The summed E-state index contributed by atoms with van der Waals surface area (Å²) in [4.78, 5) is 40.0. The zero-order valence-electron chi connectivity index (χ0n) is 23.8. The van der Waals surface area contributed by atoms with Gasteiger partial charge in [-0.2, -0.15) is 4.98 Å². The van der Waals surface area contributed by atoms with Crippen molar-refractivity contribution in [3.63, 3.8) is 0 Å². The molecular formula is C29H45N3O9. The van der Waals surface area contributed by atoms with Gasteiger partial charge in [-0.25, -0.2) is 4.79 Å². The average Bonchev–Trinajstić information content (AvgIpc) is 3.29. The van der Waals surface area contributed by atoms with Crippen LogP contribution in [0.4, 0.5) is 5.82 Å². The second-order valence-corrected chi connectivity index (χ2v) is 10.4. The van der Waals surface area contributed by atoms with E-state index in [0.717, 1.165) is 19.3 Å². The van der Waals surface area contributed by atoms with E-state index in [1.807, 2.05) is 6.08 Å². The van der Waals surface area contributed by atoms with E-state index in [2.05, 4.69) is 17.2 Å². The highest BCUT2D eigenvalue weighted by Gasteiger charge is 2.35. The number of carbonyl (C=O) groups is 2. The Kier molecular flexibility index (Phi) is 14.9. The molecule has 1 aromatic rings. The number of ketones is 1. The number of allylic oxidation sites excluding steroid dienone is 2. The van der Waals surface area contributed by atoms with E-state index in [4.69, 9.17) is 9.84 Å². The number of aliphatic carboxylic acids is 1. The van der Waals surface area contributed by atoms with E-state index < -0.39 is 54.3 Å². The summed E-state index contributed by atoms with van der Waals surface area (Å²) in [5, 5.41) is 52.4. The number of aliphatic hydroxyl groups excluding tert-OH is 4. The Morgan fingerprint density at radius 3 is 2.59 bits per heavy atom. The van der Waals surface area contributed by atoms with Gasteiger partial charge in [0.25, 0.3) is 0 Å². The largest absolute Gasteiger partial charge is 0.481 e. The summed E-state index contributed by atoms with van der Waals surface area (Å²) >= 11 is 0. The molecule has 1 aliphatic rings. The van der Waals surface area contributed by atoms with Crippen LogP contribution in [0.3, 0.4) is 0 Å². The first-order valence-corrected chi connectivity index (χ1v) is 14.3. The van der Waals surface area contributed by atoms with Crippen LogP contribution < -0.4 is 11.0 Å². The molecule has 12 heteroatoms. The lowest BCUT2D eigenvalue weighted by atomic mass is 9.84. The number of Topliss-reactive ketones (excluding diaryl/α,β-unsaturated/α-hetero) is 1. The fourth-order valence-corrected chi connectivity index (χ4v) is 4.75. The zero-order chi connectivity index (χ0) is 30.4. The lowest BCUT2D eigenvalue weighted by molar-refractivity contribution is -0.137. The van der Waals surface area contributed by atoms with Gasteiger partial charge in [0, 0.05) is 30.9 Å². The van der Waals surface area contributed by atoms with Crippen LogP contribution in [-0.4, -0.2) is 78.0 Å². The molecule has 0 spiro atoms. The summed E-state index contributed by atoms with van der Waals surface area (Å²) in [5.41, 5.74) is -0.691. The molecule has 0 bridgehead atoms. The molecule has 0 amide bonds. The maximum Gasteiger partial charge on any atom is 0.351 e. The van der Waals surface area contributed by atoms with Gasteiger partial charge in [-0.15, -0.1) is 0 Å². The summed E-state index contributed by atoms with van der Waals surface area (Å²) in [7, 11) is 0. The third-order valence-electron chi connectivity index (χ3n) is 7.15. The minimum absolute atomic E-state index is 0.0473. The maximum absolute atomic E-state index is 12.7. The van der Waals surface area contributed by atoms with Crippen molar-refractivity contribution in [1.29, 1.82) is 0 Å². The number of ether oxygens (including phenoxy) is 1. The highest BCUT2D eigenvalue weighted by atomic mass is 16.5. The molecule has 7 atom stereocenters. The van der Waals surface area contributed by atoms with Gasteiger partial charge in [-0.05, 0) is 38.7 Å². The van der Waals surface area contributed by atoms with Crippen molar-refractivity contribution in [1.82, 2.24) is 9.55 Å². The van der Waals surface area contributed by atoms with Crippen LogP contribution >= 0.6 is 0 Å². The van der Waals surface area contributed by atoms with Crippen molar-refractivity contribution >= 4 is 17.6 Å². The van der Waals surface area contributed by atoms with Gasteiger partial charge in [0.2, 0.25) is 0 Å². The number of nitrogens with one attached hydrogen (secondary N) is 1. The van der Waals surface area contributed by atoms with E-state index in [9.17, 15) is 34.8 Å². The van der Waals surface area contributed by atoms with Crippen molar-refractivity contribution in [2.75, 3.05) is 11.9 Å². The Hall–Kier alpha value is -2.90. The Labute approximate surface area is 240 Å². The highest BCUT2D eigenvalue weighted by Crippen LogP contribution is 2.28. The Morgan fingerprint density at radius 1 is 1.22 bits per heavy atom. The van der Waals surface area contributed by atoms with E-state index >= 15 is 0 Å². The zero-order valence-corrected chi connectivity index (χ0v) is 23.8. The second kappa shape index (κ2) is 17.8. The van der Waals surface area contributed by atoms with E-state index in [0.29, 0.717) is 19.3 Å². The molecule has 0 aromatic carbocycles. The molecule has 2 heterocycles. The van der Waals surface area contributed by atoms with Gasteiger partial charge in [0.15, 0.2) is 0 Å². The molecule has 1 aromatic heterocycles. The van der Waals surface area contributed by atoms with Gasteiger partial charge in [0.1, 0.15) is 30.2 Å². The Bertz CT molecular complexity index is 1070. The molecule has 230 valence electrons. The van der Waals surface area contributed by atoms with Crippen LogP contribution in [-0.2, 0) is 14.3 Å². The van der Waals surface area contributed by atoms with E-state index in [-0.39, 0.29) is 37.5 Å².